The van der Waals surface area contributed by atoms with Crippen molar-refractivity contribution in [3.63, 3.8) is 0 Å². The van der Waals surface area contributed by atoms with Crippen LogP contribution in [0.25, 0.3) is 0 Å². The largest absolute Gasteiger partial charge is 0.497 e. The maximum Gasteiger partial charge on any atom is 0.292 e. The van der Waals surface area contributed by atoms with Crippen molar-refractivity contribution >= 4 is 11.4 Å². The van der Waals surface area contributed by atoms with Gasteiger partial charge >= 0.3 is 0 Å². The van der Waals surface area contributed by atoms with E-state index in [0.29, 0.717) is 17.9 Å². The van der Waals surface area contributed by atoms with Gasteiger partial charge in [-0.15, -0.1) is 0 Å². The number of rotatable bonds is 7. The summed E-state index contributed by atoms with van der Waals surface area (Å²) in [5, 5.41) is 23.8. The summed E-state index contributed by atoms with van der Waals surface area (Å²) in [6.45, 7) is 1.87. The minimum atomic E-state index is -0.456. The summed E-state index contributed by atoms with van der Waals surface area (Å²) in [6.07, 6.45) is 0.561. The molecule has 6 heteroatoms. The van der Waals surface area contributed by atoms with Gasteiger partial charge in [0.25, 0.3) is 5.69 Å². The van der Waals surface area contributed by atoms with E-state index in [-0.39, 0.29) is 18.3 Å². The molecule has 0 saturated heterocycles. The third-order valence-corrected chi connectivity index (χ3v) is 3.58. The zero-order chi connectivity index (χ0) is 16.8. The monoisotopic (exact) mass is 316 g/mol. The quantitative estimate of drug-likeness (QED) is 0.606. The van der Waals surface area contributed by atoms with Crippen LogP contribution in [0.1, 0.15) is 11.1 Å². The molecule has 0 aliphatic rings. The number of nitrogens with zero attached hydrogens (tertiary/aromatic N) is 1. The van der Waals surface area contributed by atoms with Crippen molar-refractivity contribution in [2.24, 2.45) is 0 Å². The summed E-state index contributed by atoms with van der Waals surface area (Å²) >= 11 is 0. The number of benzene rings is 2. The molecule has 0 unspecified atom stereocenters. The Morgan fingerprint density at radius 3 is 2.52 bits per heavy atom. The predicted molar refractivity (Wildman–Crippen MR) is 89.0 cm³/mol. The molecular weight excluding hydrogens is 296 g/mol. The highest BCUT2D eigenvalue weighted by Gasteiger charge is 2.18. The van der Waals surface area contributed by atoms with E-state index in [4.69, 9.17) is 4.74 Å². The van der Waals surface area contributed by atoms with Crippen LogP contribution in [0.15, 0.2) is 42.5 Å². The van der Waals surface area contributed by atoms with Crippen molar-refractivity contribution in [3.8, 4) is 5.75 Å². The molecule has 0 radical (unpaired) electrons. The predicted octanol–water partition coefficient (Wildman–Crippen LogP) is 2.93. The Labute approximate surface area is 134 Å². The zero-order valence-electron chi connectivity index (χ0n) is 13.2. The van der Waals surface area contributed by atoms with Crippen molar-refractivity contribution < 1.29 is 14.8 Å². The van der Waals surface area contributed by atoms with E-state index in [1.54, 1.807) is 6.07 Å². The summed E-state index contributed by atoms with van der Waals surface area (Å²) in [5.41, 5.74) is 2.49. The fraction of sp³-hybridized carbons (Fsp3) is 0.294. The number of nitro benzene ring substituents is 1. The molecule has 0 heterocycles. The molecule has 0 aliphatic carbocycles. The Morgan fingerprint density at radius 1 is 1.26 bits per heavy atom. The summed E-state index contributed by atoms with van der Waals surface area (Å²) in [4.78, 5) is 10.7. The molecule has 122 valence electrons. The number of nitrogens with one attached hydrogen (secondary N) is 1. The van der Waals surface area contributed by atoms with E-state index < -0.39 is 4.92 Å². The molecule has 2 rings (SSSR count). The smallest absolute Gasteiger partial charge is 0.292 e. The van der Waals surface area contributed by atoms with Crippen molar-refractivity contribution in [2.75, 3.05) is 19.0 Å². The Morgan fingerprint density at radius 2 is 1.96 bits per heavy atom. The fourth-order valence-corrected chi connectivity index (χ4v) is 2.31. The van der Waals surface area contributed by atoms with Gasteiger partial charge in [-0.25, -0.2) is 0 Å². The second kappa shape index (κ2) is 7.60. The van der Waals surface area contributed by atoms with Crippen LogP contribution >= 0.6 is 0 Å². The van der Waals surface area contributed by atoms with Gasteiger partial charge < -0.3 is 15.2 Å². The standard InChI is InChI=1S/C17H20N2O4/c1-12-3-5-13(6-4-12)9-14(11-20)18-16-10-15(23-2)7-8-17(16)19(21)22/h3-8,10,14,18,20H,9,11H2,1-2H3/t14-/m0/s1. The van der Waals surface area contributed by atoms with Gasteiger partial charge in [-0.05, 0) is 25.0 Å². The number of anilines is 1. The van der Waals surface area contributed by atoms with Crippen LogP contribution in [0, 0.1) is 17.0 Å². The van der Waals surface area contributed by atoms with Gasteiger partial charge in [-0.1, -0.05) is 29.8 Å². The Balaban J connectivity index is 2.20. The molecule has 2 aromatic rings. The summed E-state index contributed by atoms with van der Waals surface area (Å²) in [7, 11) is 1.50. The second-order valence-electron chi connectivity index (χ2n) is 5.35. The number of aliphatic hydroxyl groups excluding tert-OH is 1. The van der Waals surface area contributed by atoms with E-state index in [1.165, 1.54) is 19.2 Å². The number of aliphatic hydroxyl groups is 1. The van der Waals surface area contributed by atoms with Gasteiger partial charge in [0.1, 0.15) is 11.4 Å². The van der Waals surface area contributed by atoms with Crippen molar-refractivity contribution in [1.29, 1.82) is 0 Å². The van der Waals surface area contributed by atoms with Crippen LogP contribution < -0.4 is 10.1 Å². The maximum absolute atomic E-state index is 11.1. The lowest BCUT2D eigenvalue weighted by molar-refractivity contribution is -0.384. The summed E-state index contributed by atoms with van der Waals surface area (Å²) < 4.78 is 5.11. The lowest BCUT2D eigenvalue weighted by atomic mass is 10.0. The lowest BCUT2D eigenvalue weighted by Gasteiger charge is -2.18. The molecule has 0 amide bonds. The first-order valence-electron chi connectivity index (χ1n) is 7.29. The Kier molecular flexibility index (Phi) is 5.54. The van der Waals surface area contributed by atoms with Crippen molar-refractivity contribution in [2.45, 2.75) is 19.4 Å². The van der Waals surface area contributed by atoms with Gasteiger partial charge in [-0.3, -0.25) is 10.1 Å². The van der Waals surface area contributed by atoms with Crippen LogP contribution in [-0.4, -0.2) is 29.8 Å². The lowest BCUT2D eigenvalue weighted by Crippen LogP contribution is -2.26. The minimum absolute atomic E-state index is 0.0480. The van der Waals surface area contributed by atoms with Crippen LogP contribution in [-0.2, 0) is 6.42 Å². The summed E-state index contributed by atoms with van der Waals surface area (Å²) in [5.74, 6) is 0.519. The zero-order valence-corrected chi connectivity index (χ0v) is 13.2. The van der Waals surface area contributed by atoms with E-state index in [9.17, 15) is 15.2 Å². The molecule has 1 atom stereocenters. The average molecular weight is 316 g/mol. The molecule has 2 N–H and O–H groups in total. The molecule has 6 nitrogen and oxygen atoms in total. The van der Waals surface area contributed by atoms with Crippen LogP contribution in [0.4, 0.5) is 11.4 Å². The van der Waals surface area contributed by atoms with Gasteiger partial charge in [0.05, 0.1) is 24.7 Å². The van der Waals surface area contributed by atoms with Gasteiger partial charge in [0, 0.05) is 12.1 Å². The van der Waals surface area contributed by atoms with E-state index in [1.807, 2.05) is 31.2 Å². The van der Waals surface area contributed by atoms with E-state index >= 15 is 0 Å². The third-order valence-electron chi connectivity index (χ3n) is 3.58. The SMILES string of the molecule is COc1ccc([N+](=O)[O-])c(N[C@H](CO)Cc2ccc(C)cc2)c1. The summed E-state index contributed by atoms with van der Waals surface area (Å²) in [6, 6.07) is 12.1. The maximum atomic E-state index is 11.1. The molecule has 23 heavy (non-hydrogen) atoms. The van der Waals surface area contributed by atoms with E-state index in [0.717, 1.165) is 11.1 Å². The minimum Gasteiger partial charge on any atom is -0.497 e. The topological polar surface area (TPSA) is 84.6 Å². The Bertz CT molecular complexity index is 671. The van der Waals surface area contributed by atoms with Crippen molar-refractivity contribution in [3.05, 3.63) is 63.7 Å². The molecule has 0 aromatic heterocycles. The van der Waals surface area contributed by atoms with Crippen LogP contribution in [0.2, 0.25) is 0 Å². The molecule has 0 aliphatic heterocycles. The van der Waals surface area contributed by atoms with Gasteiger partial charge in [-0.2, -0.15) is 0 Å². The van der Waals surface area contributed by atoms with Gasteiger partial charge in [0.15, 0.2) is 0 Å². The van der Waals surface area contributed by atoms with Crippen LogP contribution in [0.3, 0.4) is 0 Å². The average Bonchev–Trinajstić information content (AvgIpc) is 2.55. The highest BCUT2D eigenvalue weighted by atomic mass is 16.6. The van der Waals surface area contributed by atoms with E-state index in [2.05, 4.69) is 5.32 Å². The molecular formula is C17H20N2O4. The first kappa shape index (κ1) is 16.8. The molecule has 0 fully saturated rings. The molecule has 0 spiro atoms. The fourth-order valence-electron chi connectivity index (χ4n) is 2.31. The normalized spacial score (nSPS) is 11.8. The molecule has 0 saturated carbocycles. The third kappa shape index (κ3) is 4.43. The number of hydrogen-bond acceptors (Lipinski definition) is 5. The molecule has 0 bridgehead atoms. The highest BCUT2D eigenvalue weighted by molar-refractivity contribution is 5.64. The molecule has 2 aromatic carbocycles. The first-order valence-corrected chi connectivity index (χ1v) is 7.29. The number of methoxy groups -OCH3 is 1. The van der Waals surface area contributed by atoms with Crippen molar-refractivity contribution in [1.82, 2.24) is 0 Å². The van der Waals surface area contributed by atoms with Crippen LogP contribution in [0.5, 0.6) is 5.75 Å². The number of ether oxygens (including phenoxy) is 1. The highest BCUT2D eigenvalue weighted by Crippen LogP contribution is 2.29. The second-order valence-corrected chi connectivity index (χ2v) is 5.35. The number of nitro groups is 1. The Hall–Kier alpha value is -2.60. The first-order chi connectivity index (χ1) is 11.0. The number of hydrogen-bond donors (Lipinski definition) is 2. The van der Waals surface area contributed by atoms with Gasteiger partial charge in [0.2, 0.25) is 0 Å². The number of aryl methyl sites for hydroxylation is 1.